The SMILES string of the molecule is O=C(Cl)N1CCC(Cn2cnc3ccc(F)cc3c2=O)C2(CCCC2)C1. The van der Waals surface area contributed by atoms with Gasteiger partial charge in [0.2, 0.25) is 0 Å². The van der Waals surface area contributed by atoms with Crippen molar-refractivity contribution < 1.29 is 9.18 Å². The fourth-order valence-electron chi connectivity index (χ4n) is 4.79. The molecular weight excluding hydrogens is 357 g/mol. The molecule has 138 valence electrons. The van der Waals surface area contributed by atoms with Crippen molar-refractivity contribution in [2.45, 2.75) is 38.6 Å². The topological polar surface area (TPSA) is 55.2 Å². The fraction of sp³-hybridized carbons (Fsp3) is 0.526. The van der Waals surface area contributed by atoms with E-state index in [9.17, 15) is 14.0 Å². The zero-order valence-corrected chi connectivity index (χ0v) is 15.2. The Balaban J connectivity index is 1.66. The lowest BCUT2D eigenvalue weighted by Crippen LogP contribution is -2.50. The zero-order valence-electron chi connectivity index (χ0n) is 14.5. The first kappa shape index (κ1) is 17.5. The third-order valence-corrected chi connectivity index (χ3v) is 6.41. The molecule has 1 aromatic carbocycles. The normalized spacial score (nSPS) is 22.2. The lowest BCUT2D eigenvalue weighted by Gasteiger charge is -2.46. The number of hydrogen-bond acceptors (Lipinski definition) is 3. The van der Waals surface area contributed by atoms with Crippen molar-refractivity contribution in [3.8, 4) is 0 Å². The van der Waals surface area contributed by atoms with Crippen LogP contribution in [0.1, 0.15) is 32.1 Å². The summed E-state index contributed by atoms with van der Waals surface area (Å²) in [5.74, 6) is -0.155. The lowest BCUT2D eigenvalue weighted by molar-refractivity contribution is 0.0449. The first-order chi connectivity index (χ1) is 12.5. The van der Waals surface area contributed by atoms with Crippen molar-refractivity contribution in [1.29, 1.82) is 0 Å². The van der Waals surface area contributed by atoms with E-state index >= 15 is 0 Å². The third kappa shape index (κ3) is 3.00. The summed E-state index contributed by atoms with van der Waals surface area (Å²) in [6.45, 7) is 1.81. The molecule has 0 radical (unpaired) electrons. The first-order valence-corrected chi connectivity index (χ1v) is 9.45. The van der Waals surface area contributed by atoms with Gasteiger partial charge in [-0.2, -0.15) is 0 Å². The van der Waals surface area contributed by atoms with Crippen LogP contribution in [0.2, 0.25) is 0 Å². The maximum absolute atomic E-state index is 13.5. The average Bonchev–Trinajstić information content (AvgIpc) is 3.08. The predicted octanol–water partition coefficient (Wildman–Crippen LogP) is 3.78. The highest BCUT2D eigenvalue weighted by molar-refractivity contribution is 6.62. The molecule has 26 heavy (non-hydrogen) atoms. The van der Waals surface area contributed by atoms with E-state index in [0.717, 1.165) is 32.1 Å². The monoisotopic (exact) mass is 377 g/mol. The molecule has 1 aliphatic heterocycles. The van der Waals surface area contributed by atoms with Gasteiger partial charge in [-0.3, -0.25) is 14.2 Å². The zero-order chi connectivity index (χ0) is 18.3. The van der Waals surface area contributed by atoms with Crippen LogP contribution < -0.4 is 5.56 Å². The largest absolute Gasteiger partial charge is 0.329 e. The van der Waals surface area contributed by atoms with Gasteiger partial charge in [0, 0.05) is 19.6 Å². The highest BCUT2D eigenvalue weighted by Gasteiger charge is 2.46. The summed E-state index contributed by atoms with van der Waals surface area (Å²) < 4.78 is 15.1. The Kier molecular flexibility index (Phi) is 4.47. The number of carbonyl (C=O) groups excluding carboxylic acids is 1. The van der Waals surface area contributed by atoms with E-state index in [-0.39, 0.29) is 16.9 Å². The van der Waals surface area contributed by atoms with Crippen LogP contribution in [-0.4, -0.2) is 32.9 Å². The molecule has 2 heterocycles. The van der Waals surface area contributed by atoms with Crippen molar-refractivity contribution in [2.75, 3.05) is 13.1 Å². The number of aromatic nitrogens is 2. The third-order valence-electron chi connectivity index (χ3n) is 6.17. The summed E-state index contributed by atoms with van der Waals surface area (Å²) in [7, 11) is 0. The van der Waals surface area contributed by atoms with Gasteiger partial charge >= 0.3 is 5.37 Å². The van der Waals surface area contributed by atoms with Crippen LogP contribution in [0.15, 0.2) is 29.3 Å². The fourth-order valence-corrected chi connectivity index (χ4v) is 4.93. The number of fused-ring (bicyclic) bond motifs is 1. The van der Waals surface area contributed by atoms with Crippen molar-refractivity contribution in [2.24, 2.45) is 11.3 Å². The molecule has 1 saturated heterocycles. The first-order valence-electron chi connectivity index (χ1n) is 9.08. The van der Waals surface area contributed by atoms with Crippen molar-refractivity contribution in [1.82, 2.24) is 14.5 Å². The van der Waals surface area contributed by atoms with Gasteiger partial charge in [-0.15, -0.1) is 0 Å². The van der Waals surface area contributed by atoms with Gasteiger partial charge in [-0.1, -0.05) is 12.8 Å². The molecule has 1 spiro atoms. The quantitative estimate of drug-likeness (QED) is 0.591. The maximum Gasteiger partial charge on any atom is 0.316 e. The van der Waals surface area contributed by atoms with E-state index in [1.54, 1.807) is 15.8 Å². The van der Waals surface area contributed by atoms with E-state index in [1.807, 2.05) is 0 Å². The van der Waals surface area contributed by atoms with Crippen LogP contribution in [0.3, 0.4) is 0 Å². The number of nitrogens with zero attached hydrogens (tertiary/aromatic N) is 3. The minimum absolute atomic E-state index is 0.0130. The van der Waals surface area contributed by atoms with Crippen LogP contribution >= 0.6 is 11.6 Å². The van der Waals surface area contributed by atoms with Crippen molar-refractivity contribution in [3.05, 3.63) is 40.7 Å². The summed E-state index contributed by atoms with van der Waals surface area (Å²) in [6.07, 6.45) is 6.73. The summed E-state index contributed by atoms with van der Waals surface area (Å²) in [5.41, 5.74) is 0.309. The molecule has 0 bridgehead atoms. The second-order valence-electron chi connectivity index (χ2n) is 7.59. The van der Waals surface area contributed by atoms with Gasteiger partial charge in [0.05, 0.1) is 17.2 Å². The van der Waals surface area contributed by atoms with Crippen molar-refractivity contribution >= 4 is 27.9 Å². The Labute approximate surface area is 155 Å². The van der Waals surface area contributed by atoms with Gasteiger partial charge < -0.3 is 4.90 Å². The summed E-state index contributed by atoms with van der Waals surface area (Å²) in [6, 6.07) is 4.09. The van der Waals surface area contributed by atoms with Crippen LogP contribution in [0.25, 0.3) is 10.9 Å². The van der Waals surface area contributed by atoms with Gasteiger partial charge in [-0.05, 0) is 60.4 Å². The molecule has 1 atom stereocenters. The van der Waals surface area contributed by atoms with E-state index < -0.39 is 11.2 Å². The second kappa shape index (κ2) is 6.65. The minimum atomic E-state index is -0.435. The van der Waals surface area contributed by atoms with E-state index in [4.69, 9.17) is 11.6 Å². The smallest absolute Gasteiger partial charge is 0.316 e. The van der Waals surface area contributed by atoms with E-state index in [0.29, 0.717) is 30.5 Å². The van der Waals surface area contributed by atoms with Crippen LogP contribution in [-0.2, 0) is 6.54 Å². The van der Waals surface area contributed by atoms with Gasteiger partial charge in [0.25, 0.3) is 5.56 Å². The molecule has 5 nitrogen and oxygen atoms in total. The van der Waals surface area contributed by atoms with Crippen molar-refractivity contribution in [3.63, 3.8) is 0 Å². The molecule has 0 N–H and O–H groups in total. The highest BCUT2D eigenvalue weighted by atomic mass is 35.5. The van der Waals surface area contributed by atoms with E-state index in [2.05, 4.69) is 4.98 Å². The standard InChI is InChI=1S/C19H21ClFN3O2/c20-18(26)23-8-5-13(19(11-23)6-1-2-7-19)10-24-12-22-16-4-3-14(21)9-15(16)17(24)25/h3-4,9,12-13H,1-2,5-8,10-11H2. The molecule has 2 aromatic rings. The molecule has 2 fully saturated rings. The molecule has 4 rings (SSSR count). The molecule has 1 unspecified atom stereocenters. The summed E-state index contributed by atoms with van der Waals surface area (Å²) >= 11 is 5.72. The lowest BCUT2D eigenvalue weighted by atomic mass is 9.69. The molecule has 7 heteroatoms. The average molecular weight is 378 g/mol. The highest BCUT2D eigenvalue weighted by Crippen LogP contribution is 2.49. The molecule has 1 aromatic heterocycles. The molecule has 1 amide bonds. The van der Waals surface area contributed by atoms with Gasteiger partial charge in [0.1, 0.15) is 5.82 Å². The molecule has 1 saturated carbocycles. The predicted molar refractivity (Wildman–Crippen MR) is 97.8 cm³/mol. The number of carbonyl (C=O) groups is 1. The summed E-state index contributed by atoms with van der Waals surface area (Å²) in [4.78, 5) is 30.5. The number of benzene rings is 1. The van der Waals surface area contributed by atoms with E-state index in [1.165, 1.54) is 18.2 Å². The Hall–Kier alpha value is -1.95. The number of amides is 1. The molecule has 2 aliphatic rings. The van der Waals surface area contributed by atoms with Crippen LogP contribution in [0.4, 0.5) is 9.18 Å². The summed E-state index contributed by atoms with van der Waals surface area (Å²) in [5, 5.41) is -0.0870. The maximum atomic E-state index is 13.5. The Morgan fingerprint density at radius 2 is 2.12 bits per heavy atom. The Bertz CT molecular complexity index is 907. The Morgan fingerprint density at radius 3 is 2.85 bits per heavy atom. The Morgan fingerprint density at radius 1 is 1.35 bits per heavy atom. The minimum Gasteiger partial charge on any atom is -0.329 e. The number of piperidine rings is 1. The van der Waals surface area contributed by atoms with Gasteiger partial charge in [0.15, 0.2) is 0 Å². The van der Waals surface area contributed by atoms with Crippen LogP contribution in [0, 0.1) is 17.2 Å². The number of rotatable bonds is 2. The second-order valence-corrected chi connectivity index (χ2v) is 7.92. The van der Waals surface area contributed by atoms with Crippen LogP contribution in [0.5, 0.6) is 0 Å². The van der Waals surface area contributed by atoms with Gasteiger partial charge in [-0.25, -0.2) is 9.37 Å². The number of halogens is 2. The molecular formula is C19H21ClFN3O2. The number of hydrogen-bond donors (Lipinski definition) is 0. The molecule has 1 aliphatic carbocycles. The number of likely N-dealkylation sites (tertiary alicyclic amines) is 1.